The normalized spacial score (nSPS) is 10.8. The molecule has 5 nitrogen and oxygen atoms in total. The van der Waals surface area contributed by atoms with E-state index in [9.17, 15) is 4.79 Å². The van der Waals surface area contributed by atoms with E-state index in [2.05, 4.69) is 38.3 Å². The number of halogens is 2. The maximum atomic E-state index is 12.9. The molecule has 0 saturated carbocycles. The summed E-state index contributed by atoms with van der Waals surface area (Å²) >= 11 is 9.79. The third-order valence-electron chi connectivity index (χ3n) is 5.00. The van der Waals surface area contributed by atoms with Crippen molar-refractivity contribution in [1.82, 2.24) is 14.8 Å². The number of amides is 1. The molecule has 0 unspecified atom stereocenters. The highest BCUT2D eigenvalue weighted by Gasteiger charge is 2.20. The summed E-state index contributed by atoms with van der Waals surface area (Å²) < 4.78 is 2.62. The first-order valence-corrected chi connectivity index (χ1v) is 11.0. The lowest BCUT2D eigenvalue weighted by molar-refractivity contribution is 0.101. The molecule has 1 aromatic heterocycles. The van der Waals surface area contributed by atoms with Gasteiger partial charge in [0, 0.05) is 20.7 Å². The number of nitrogens with one attached hydrogen (secondary N) is 1. The number of nitrogens with zero attached hydrogens (tertiary/aromatic N) is 3. The van der Waals surface area contributed by atoms with Gasteiger partial charge in [0.1, 0.15) is 0 Å². The van der Waals surface area contributed by atoms with Gasteiger partial charge in [-0.1, -0.05) is 64.8 Å². The van der Waals surface area contributed by atoms with Crippen LogP contribution in [0.5, 0.6) is 0 Å². The number of carbonyl (C=O) groups excluding carboxylic acids is 1. The van der Waals surface area contributed by atoms with E-state index in [0.717, 1.165) is 27.7 Å². The highest BCUT2D eigenvalue weighted by atomic mass is 79.9. The molecule has 4 aromatic rings. The van der Waals surface area contributed by atoms with Crippen LogP contribution in [0.1, 0.15) is 28.7 Å². The molecule has 3 aromatic carbocycles. The molecule has 1 amide bonds. The predicted molar refractivity (Wildman–Crippen MR) is 128 cm³/mol. The molecular weight excluding hydrogens is 476 g/mol. The first-order chi connectivity index (χ1) is 15.0. The zero-order chi connectivity index (χ0) is 22.0. The van der Waals surface area contributed by atoms with Crippen LogP contribution in [0.2, 0.25) is 5.02 Å². The molecule has 0 atom stereocenters. The van der Waals surface area contributed by atoms with E-state index in [4.69, 9.17) is 11.6 Å². The SMILES string of the molecule is CCc1ccc(NC(=O)c2nc(-c3ccc(Br)cc3)n(-c3cccc(Cl)c3C)n2)cc1. The first-order valence-electron chi connectivity index (χ1n) is 9.85. The predicted octanol–water partition coefficient (Wildman–Crippen LogP) is 6.47. The number of hydrogen-bond acceptors (Lipinski definition) is 3. The standard InChI is InChI=1S/C24H20BrClN4O/c1-3-16-7-13-19(14-8-16)27-24(31)22-28-23(17-9-11-18(25)12-10-17)30(29-22)21-6-4-5-20(26)15(21)2/h4-14H,3H2,1-2H3,(H,27,31). The summed E-state index contributed by atoms with van der Waals surface area (Å²) in [4.78, 5) is 17.5. The zero-order valence-electron chi connectivity index (χ0n) is 17.1. The summed E-state index contributed by atoms with van der Waals surface area (Å²) in [6, 6.07) is 21.0. The van der Waals surface area contributed by atoms with Gasteiger partial charge in [-0.15, -0.1) is 5.10 Å². The number of anilines is 1. The summed E-state index contributed by atoms with van der Waals surface area (Å²) in [6.45, 7) is 4.01. The maximum absolute atomic E-state index is 12.9. The van der Waals surface area contributed by atoms with E-state index < -0.39 is 0 Å². The van der Waals surface area contributed by atoms with Crippen LogP contribution in [0, 0.1) is 6.92 Å². The monoisotopic (exact) mass is 494 g/mol. The van der Waals surface area contributed by atoms with Crippen molar-refractivity contribution in [1.29, 1.82) is 0 Å². The van der Waals surface area contributed by atoms with Crippen LogP contribution in [-0.4, -0.2) is 20.7 Å². The topological polar surface area (TPSA) is 59.8 Å². The van der Waals surface area contributed by atoms with Gasteiger partial charge in [0.2, 0.25) is 5.82 Å². The van der Waals surface area contributed by atoms with E-state index >= 15 is 0 Å². The van der Waals surface area contributed by atoms with Crippen molar-refractivity contribution in [3.8, 4) is 17.1 Å². The van der Waals surface area contributed by atoms with Gasteiger partial charge in [0.05, 0.1) is 5.69 Å². The quantitative estimate of drug-likeness (QED) is 0.345. The van der Waals surface area contributed by atoms with Gasteiger partial charge in [-0.25, -0.2) is 9.67 Å². The highest BCUT2D eigenvalue weighted by molar-refractivity contribution is 9.10. The fourth-order valence-corrected chi connectivity index (χ4v) is 3.63. The molecule has 0 aliphatic heterocycles. The van der Waals surface area contributed by atoms with E-state index in [1.165, 1.54) is 5.56 Å². The zero-order valence-corrected chi connectivity index (χ0v) is 19.4. The Morgan fingerprint density at radius 1 is 1.06 bits per heavy atom. The molecule has 4 rings (SSSR count). The number of rotatable bonds is 5. The molecular formula is C24H20BrClN4O. The molecule has 0 fully saturated rings. The summed E-state index contributed by atoms with van der Waals surface area (Å²) in [5.41, 5.74) is 4.36. The van der Waals surface area contributed by atoms with Crippen LogP contribution in [-0.2, 0) is 6.42 Å². The third kappa shape index (κ3) is 4.55. The van der Waals surface area contributed by atoms with E-state index in [-0.39, 0.29) is 11.7 Å². The van der Waals surface area contributed by atoms with Gasteiger partial charge in [-0.3, -0.25) is 4.79 Å². The lowest BCUT2D eigenvalue weighted by atomic mass is 10.1. The third-order valence-corrected chi connectivity index (χ3v) is 5.94. The smallest absolute Gasteiger partial charge is 0.295 e. The molecule has 0 radical (unpaired) electrons. The summed E-state index contributed by atoms with van der Waals surface area (Å²) in [7, 11) is 0. The molecule has 7 heteroatoms. The Morgan fingerprint density at radius 3 is 2.45 bits per heavy atom. The van der Waals surface area contributed by atoms with Crippen LogP contribution in [0.25, 0.3) is 17.1 Å². The van der Waals surface area contributed by atoms with Gasteiger partial charge in [-0.05, 0) is 60.9 Å². The minimum Gasteiger partial charge on any atom is -0.319 e. The Bertz CT molecular complexity index is 1230. The molecule has 1 heterocycles. The Kier molecular flexibility index (Phi) is 6.20. The Labute approximate surface area is 194 Å². The van der Waals surface area contributed by atoms with Gasteiger partial charge in [-0.2, -0.15) is 0 Å². The van der Waals surface area contributed by atoms with Gasteiger partial charge >= 0.3 is 0 Å². The van der Waals surface area contributed by atoms with Crippen molar-refractivity contribution < 1.29 is 4.79 Å². The van der Waals surface area contributed by atoms with Crippen LogP contribution in [0.4, 0.5) is 5.69 Å². The molecule has 0 saturated heterocycles. The van der Waals surface area contributed by atoms with Crippen molar-refractivity contribution in [2.24, 2.45) is 0 Å². The number of aryl methyl sites for hydroxylation is 1. The van der Waals surface area contributed by atoms with Crippen molar-refractivity contribution in [3.05, 3.63) is 93.2 Å². The highest BCUT2D eigenvalue weighted by Crippen LogP contribution is 2.27. The van der Waals surface area contributed by atoms with E-state index in [0.29, 0.717) is 16.5 Å². The Morgan fingerprint density at radius 2 is 1.77 bits per heavy atom. The largest absolute Gasteiger partial charge is 0.319 e. The second-order valence-electron chi connectivity index (χ2n) is 7.07. The Balaban J connectivity index is 1.76. The van der Waals surface area contributed by atoms with Gasteiger partial charge < -0.3 is 5.32 Å². The van der Waals surface area contributed by atoms with Gasteiger partial charge in [0.15, 0.2) is 5.82 Å². The van der Waals surface area contributed by atoms with Crippen molar-refractivity contribution in [2.75, 3.05) is 5.32 Å². The fourth-order valence-electron chi connectivity index (χ4n) is 3.20. The minimum absolute atomic E-state index is 0.0804. The maximum Gasteiger partial charge on any atom is 0.295 e. The molecule has 1 N–H and O–H groups in total. The fraction of sp³-hybridized carbons (Fsp3) is 0.125. The lowest BCUT2D eigenvalue weighted by Gasteiger charge is -2.10. The molecule has 31 heavy (non-hydrogen) atoms. The van der Waals surface area contributed by atoms with Gasteiger partial charge in [0.25, 0.3) is 5.91 Å². The Hall–Kier alpha value is -2.96. The molecule has 0 spiro atoms. The lowest BCUT2D eigenvalue weighted by Crippen LogP contribution is -2.14. The number of benzene rings is 3. The molecule has 0 aliphatic rings. The average Bonchev–Trinajstić information content (AvgIpc) is 3.22. The van der Waals surface area contributed by atoms with E-state index in [1.54, 1.807) is 4.68 Å². The summed E-state index contributed by atoms with van der Waals surface area (Å²) in [5, 5.41) is 8.03. The second-order valence-corrected chi connectivity index (χ2v) is 8.39. The summed E-state index contributed by atoms with van der Waals surface area (Å²) in [6.07, 6.45) is 0.940. The number of aromatic nitrogens is 3. The molecule has 0 aliphatic carbocycles. The average molecular weight is 496 g/mol. The number of carbonyl (C=O) groups is 1. The second kappa shape index (κ2) is 9.04. The van der Waals surface area contributed by atoms with Crippen molar-refractivity contribution in [2.45, 2.75) is 20.3 Å². The molecule has 0 bridgehead atoms. The van der Waals surface area contributed by atoms with Crippen LogP contribution >= 0.6 is 27.5 Å². The number of hydrogen-bond donors (Lipinski definition) is 1. The first kappa shape index (κ1) is 21.3. The van der Waals surface area contributed by atoms with Crippen molar-refractivity contribution in [3.63, 3.8) is 0 Å². The minimum atomic E-state index is -0.374. The molecule has 156 valence electrons. The van der Waals surface area contributed by atoms with Crippen LogP contribution in [0.15, 0.2) is 71.2 Å². The van der Waals surface area contributed by atoms with E-state index in [1.807, 2.05) is 73.7 Å². The van der Waals surface area contributed by atoms with Crippen LogP contribution < -0.4 is 5.32 Å². The van der Waals surface area contributed by atoms with Crippen LogP contribution in [0.3, 0.4) is 0 Å². The summed E-state index contributed by atoms with van der Waals surface area (Å²) in [5.74, 6) is 0.266. The van der Waals surface area contributed by atoms with Crippen molar-refractivity contribution >= 4 is 39.1 Å².